The second-order valence-electron chi connectivity index (χ2n) is 5.77. The first-order valence-corrected chi connectivity index (χ1v) is 7.88. The fourth-order valence-electron chi connectivity index (χ4n) is 2.86. The van der Waals surface area contributed by atoms with Gasteiger partial charge in [0.2, 0.25) is 0 Å². The number of halogens is 1. The van der Waals surface area contributed by atoms with Gasteiger partial charge >= 0.3 is 0 Å². The molecule has 0 saturated carbocycles. The van der Waals surface area contributed by atoms with Crippen LogP contribution in [-0.2, 0) is 11.2 Å². The summed E-state index contributed by atoms with van der Waals surface area (Å²) in [6.07, 6.45) is 1.57. The number of carbonyl (C=O) groups is 2. The summed E-state index contributed by atoms with van der Waals surface area (Å²) in [6.45, 7) is 1.80. The molecule has 0 fully saturated rings. The Morgan fingerprint density at radius 1 is 1.17 bits per heavy atom. The molecule has 24 heavy (non-hydrogen) atoms. The third-order valence-corrected chi connectivity index (χ3v) is 4.09. The number of benzene rings is 2. The summed E-state index contributed by atoms with van der Waals surface area (Å²) in [6, 6.07) is 11.5. The minimum absolute atomic E-state index is 0.0296. The summed E-state index contributed by atoms with van der Waals surface area (Å²) in [5.74, 6) is -0.194. The summed E-state index contributed by atoms with van der Waals surface area (Å²) < 4.78 is 19.6. The average Bonchev–Trinajstić information content (AvgIpc) is 2.60. The quantitative estimate of drug-likeness (QED) is 0.809. The Labute approximate surface area is 139 Å². The van der Waals surface area contributed by atoms with Crippen LogP contribution in [0.4, 0.5) is 10.1 Å². The maximum Gasteiger partial charge on any atom is 0.265 e. The number of hydrogen-bond acceptors (Lipinski definition) is 3. The van der Waals surface area contributed by atoms with Gasteiger partial charge in [-0.1, -0.05) is 12.1 Å². The number of rotatable bonds is 4. The van der Waals surface area contributed by atoms with Gasteiger partial charge in [0.05, 0.1) is 5.69 Å². The molecule has 0 N–H and O–H groups in total. The molecule has 1 aliphatic heterocycles. The molecule has 0 aliphatic carbocycles. The number of anilines is 1. The summed E-state index contributed by atoms with van der Waals surface area (Å²) in [4.78, 5) is 25.1. The largest absolute Gasteiger partial charge is 0.484 e. The van der Waals surface area contributed by atoms with E-state index < -0.39 is 0 Å². The number of para-hydroxylation sites is 1. The zero-order chi connectivity index (χ0) is 17.1. The van der Waals surface area contributed by atoms with Crippen molar-refractivity contribution in [1.82, 2.24) is 0 Å². The van der Waals surface area contributed by atoms with Gasteiger partial charge < -0.3 is 9.64 Å². The molecule has 2 aromatic rings. The molecular formula is C19H18FNO3. The highest BCUT2D eigenvalue weighted by Crippen LogP contribution is 2.30. The molecule has 0 atom stereocenters. The maximum absolute atomic E-state index is 14.1. The summed E-state index contributed by atoms with van der Waals surface area (Å²) in [5.41, 5.74) is 1.80. The van der Waals surface area contributed by atoms with Gasteiger partial charge in [-0.2, -0.15) is 0 Å². The number of nitrogens with zero attached hydrogens (tertiary/aromatic N) is 1. The minimum Gasteiger partial charge on any atom is -0.484 e. The molecule has 1 amide bonds. The molecule has 0 spiro atoms. The second kappa shape index (κ2) is 6.83. The van der Waals surface area contributed by atoms with Crippen molar-refractivity contribution in [3.63, 3.8) is 0 Å². The third-order valence-electron chi connectivity index (χ3n) is 4.09. The van der Waals surface area contributed by atoms with E-state index in [9.17, 15) is 14.0 Å². The van der Waals surface area contributed by atoms with Crippen LogP contribution in [0.1, 0.15) is 29.3 Å². The summed E-state index contributed by atoms with van der Waals surface area (Å²) in [7, 11) is 0. The van der Waals surface area contributed by atoms with Gasteiger partial charge in [0, 0.05) is 12.1 Å². The number of amides is 1. The van der Waals surface area contributed by atoms with Gasteiger partial charge in [-0.05, 0) is 55.7 Å². The lowest BCUT2D eigenvalue weighted by Crippen LogP contribution is -2.39. The monoisotopic (exact) mass is 327 g/mol. The van der Waals surface area contributed by atoms with Gasteiger partial charge in [0.25, 0.3) is 5.91 Å². The zero-order valence-electron chi connectivity index (χ0n) is 13.4. The fourth-order valence-corrected chi connectivity index (χ4v) is 2.86. The van der Waals surface area contributed by atoms with E-state index in [2.05, 4.69) is 0 Å². The second-order valence-corrected chi connectivity index (χ2v) is 5.77. The molecule has 1 heterocycles. The lowest BCUT2D eigenvalue weighted by atomic mass is 10.0. The Morgan fingerprint density at radius 2 is 1.92 bits per heavy atom. The van der Waals surface area contributed by atoms with E-state index in [-0.39, 0.29) is 24.1 Å². The molecule has 0 aromatic heterocycles. The molecule has 0 unspecified atom stereocenters. The first-order chi connectivity index (χ1) is 11.6. The number of aryl methyl sites for hydroxylation is 1. The van der Waals surface area contributed by atoms with Gasteiger partial charge in [-0.15, -0.1) is 0 Å². The van der Waals surface area contributed by atoms with Crippen molar-refractivity contribution in [2.24, 2.45) is 0 Å². The SMILES string of the molecule is CC(=O)c1ccc(OCC(=O)N2CCCc3cccc(F)c32)cc1. The molecule has 1 aliphatic rings. The normalized spacial score (nSPS) is 13.3. The average molecular weight is 327 g/mol. The highest BCUT2D eigenvalue weighted by Gasteiger charge is 2.25. The van der Waals surface area contributed by atoms with Gasteiger partial charge in [0.15, 0.2) is 12.4 Å². The molecule has 2 aromatic carbocycles. The summed E-state index contributed by atoms with van der Waals surface area (Å²) in [5, 5.41) is 0. The van der Waals surface area contributed by atoms with Crippen LogP contribution in [0, 0.1) is 5.82 Å². The first-order valence-electron chi connectivity index (χ1n) is 7.88. The highest BCUT2D eigenvalue weighted by molar-refractivity contribution is 5.96. The van der Waals surface area contributed by atoms with E-state index in [1.54, 1.807) is 30.3 Å². The summed E-state index contributed by atoms with van der Waals surface area (Å²) >= 11 is 0. The standard InChI is InChI=1S/C19H18FNO3/c1-13(22)14-7-9-16(10-8-14)24-12-18(23)21-11-3-5-15-4-2-6-17(20)19(15)21/h2,4,6-10H,3,5,11-12H2,1H3. The number of Topliss-reactive ketones (excluding diaryl/α,β-unsaturated/α-hetero) is 1. The van der Waals surface area contributed by atoms with E-state index in [1.807, 2.05) is 6.07 Å². The van der Waals surface area contributed by atoms with Crippen LogP contribution in [-0.4, -0.2) is 24.8 Å². The number of hydrogen-bond donors (Lipinski definition) is 0. The lowest BCUT2D eigenvalue weighted by molar-refractivity contribution is -0.120. The van der Waals surface area contributed by atoms with Crippen LogP contribution in [0.3, 0.4) is 0 Å². The van der Waals surface area contributed by atoms with Crippen LogP contribution in [0.2, 0.25) is 0 Å². The number of carbonyl (C=O) groups excluding carboxylic acids is 2. The molecule has 3 rings (SSSR count). The fraction of sp³-hybridized carbons (Fsp3) is 0.263. The van der Waals surface area contributed by atoms with Crippen molar-refractivity contribution in [3.8, 4) is 5.75 Å². The van der Waals surface area contributed by atoms with E-state index in [0.29, 0.717) is 23.5 Å². The van der Waals surface area contributed by atoms with E-state index in [1.165, 1.54) is 17.9 Å². The number of fused-ring (bicyclic) bond motifs is 1. The van der Waals surface area contributed by atoms with Crippen LogP contribution < -0.4 is 9.64 Å². The predicted molar refractivity (Wildman–Crippen MR) is 89.0 cm³/mol. The molecule has 5 heteroatoms. The van der Waals surface area contributed by atoms with Gasteiger partial charge in [-0.3, -0.25) is 9.59 Å². The first kappa shape index (κ1) is 16.2. The Bertz CT molecular complexity index is 771. The minimum atomic E-state index is -0.383. The van der Waals surface area contributed by atoms with Crippen molar-refractivity contribution < 1.29 is 18.7 Å². The van der Waals surface area contributed by atoms with Crippen LogP contribution >= 0.6 is 0 Å². The van der Waals surface area contributed by atoms with Crippen LogP contribution in [0.5, 0.6) is 5.75 Å². The Hall–Kier alpha value is -2.69. The molecule has 0 bridgehead atoms. The number of ketones is 1. The predicted octanol–water partition coefficient (Wildman–Crippen LogP) is 3.39. The molecule has 0 saturated heterocycles. The number of ether oxygens (including phenoxy) is 1. The topological polar surface area (TPSA) is 46.6 Å². The third kappa shape index (κ3) is 3.30. The lowest BCUT2D eigenvalue weighted by Gasteiger charge is -2.29. The van der Waals surface area contributed by atoms with Crippen molar-refractivity contribution in [2.45, 2.75) is 19.8 Å². The highest BCUT2D eigenvalue weighted by atomic mass is 19.1. The zero-order valence-corrected chi connectivity index (χ0v) is 13.4. The van der Waals surface area contributed by atoms with Crippen LogP contribution in [0.15, 0.2) is 42.5 Å². The van der Waals surface area contributed by atoms with Crippen molar-refractivity contribution in [3.05, 3.63) is 59.4 Å². The van der Waals surface area contributed by atoms with Crippen molar-refractivity contribution >= 4 is 17.4 Å². The molecule has 0 radical (unpaired) electrons. The Morgan fingerprint density at radius 3 is 2.62 bits per heavy atom. The van der Waals surface area contributed by atoms with Gasteiger partial charge in [0.1, 0.15) is 11.6 Å². The smallest absolute Gasteiger partial charge is 0.265 e. The van der Waals surface area contributed by atoms with Crippen LogP contribution in [0.25, 0.3) is 0 Å². The van der Waals surface area contributed by atoms with Crippen molar-refractivity contribution in [2.75, 3.05) is 18.1 Å². The molecule has 4 nitrogen and oxygen atoms in total. The van der Waals surface area contributed by atoms with E-state index in [0.717, 1.165) is 18.4 Å². The van der Waals surface area contributed by atoms with Gasteiger partial charge in [-0.25, -0.2) is 4.39 Å². The Balaban J connectivity index is 1.69. The Kier molecular flexibility index (Phi) is 4.60. The maximum atomic E-state index is 14.1. The van der Waals surface area contributed by atoms with E-state index in [4.69, 9.17) is 4.74 Å². The molecular weight excluding hydrogens is 309 g/mol. The molecule has 124 valence electrons. The van der Waals surface area contributed by atoms with Crippen molar-refractivity contribution in [1.29, 1.82) is 0 Å². The van der Waals surface area contributed by atoms with E-state index >= 15 is 0 Å².